The molecule has 1 amide bonds. The second-order valence-corrected chi connectivity index (χ2v) is 6.83. The maximum atomic E-state index is 12.4. The average molecular weight is 382 g/mol. The molecule has 1 aliphatic heterocycles. The number of pyridine rings is 1. The average Bonchev–Trinajstić information content (AvgIpc) is 2.75. The highest BCUT2D eigenvalue weighted by Gasteiger charge is 2.18. The van der Waals surface area contributed by atoms with Gasteiger partial charge in [0.05, 0.1) is 0 Å². The van der Waals surface area contributed by atoms with Gasteiger partial charge in [-0.25, -0.2) is 4.98 Å². The molecule has 28 heavy (non-hydrogen) atoms. The smallest absolute Gasteiger partial charge is 0.250 e. The molecule has 0 unspecified atom stereocenters. The Morgan fingerprint density at radius 1 is 1.07 bits per heavy atom. The van der Waals surface area contributed by atoms with Crippen LogP contribution in [0.5, 0.6) is 0 Å². The van der Waals surface area contributed by atoms with E-state index in [0.717, 1.165) is 45.0 Å². The molecule has 1 aromatic carbocycles. The van der Waals surface area contributed by atoms with Gasteiger partial charge in [-0.05, 0) is 37.2 Å². The van der Waals surface area contributed by atoms with Crippen molar-refractivity contribution in [2.75, 3.05) is 49.5 Å². The molecule has 2 heterocycles. The molecule has 0 spiro atoms. The predicted molar refractivity (Wildman–Crippen MR) is 109 cm³/mol. The first-order valence-corrected chi connectivity index (χ1v) is 9.58. The van der Waals surface area contributed by atoms with E-state index in [4.69, 9.17) is 5.11 Å². The number of carbonyl (C=O) groups excluding carboxylic acids is 2. The normalized spacial score (nSPS) is 14.7. The van der Waals surface area contributed by atoms with Crippen LogP contribution in [0.4, 0.5) is 11.5 Å². The van der Waals surface area contributed by atoms with Crippen molar-refractivity contribution in [3.8, 4) is 0 Å². The highest BCUT2D eigenvalue weighted by Crippen LogP contribution is 2.15. The lowest BCUT2D eigenvalue weighted by atomic mass is 10.1. The van der Waals surface area contributed by atoms with Crippen LogP contribution in [0, 0.1) is 0 Å². The summed E-state index contributed by atoms with van der Waals surface area (Å²) in [4.78, 5) is 32.8. The molecule has 1 saturated heterocycles. The Morgan fingerprint density at radius 3 is 2.61 bits per heavy atom. The molecule has 148 valence electrons. The summed E-state index contributed by atoms with van der Waals surface area (Å²) in [6.07, 6.45) is 3.09. The number of nitrogens with zero attached hydrogens (tertiary/aromatic N) is 3. The maximum absolute atomic E-state index is 12.4. The number of benzene rings is 1. The van der Waals surface area contributed by atoms with E-state index >= 15 is 0 Å². The molecule has 1 aromatic heterocycles. The zero-order valence-corrected chi connectivity index (χ0v) is 15.9. The first-order chi connectivity index (χ1) is 13.7. The lowest BCUT2D eigenvalue weighted by molar-refractivity contribution is -0.118. The monoisotopic (exact) mass is 382 g/mol. The van der Waals surface area contributed by atoms with E-state index in [2.05, 4.69) is 20.1 Å². The molecule has 0 bridgehead atoms. The molecular formula is C21H26N4O3. The maximum Gasteiger partial charge on any atom is 0.250 e. The van der Waals surface area contributed by atoms with Crippen LogP contribution in [0.15, 0.2) is 48.7 Å². The first kappa shape index (κ1) is 20.0. The van der Waals surface area contributed by atoms with Crippen LogP contribution in [0.1, 0.15) is 23.2 Å². The van der Waals surface area contributed by atoms with Crippen LogP contribution >= 0.6 is 0 Å². The Hall–Kier alpha value is -2.77. The van der Waals surface area contributed by atoms with Crippen molar-refractivity contribution in [2.24, 2.45) is 0 Å². The summed E-state index contributed by atoms with van der Waals surface area (Å²) >= 11 is 0. The van der Waals surface area contributed by atoms with E-state index in [1.165, 1.54) is 0 Å². The SMILES string of the molecule is O=C(CO)Nc1cccc(C(=O)CCCN2CCN(c3ccccn3)CC2)c1. The fourth-order valence-corrected chi connectivity index (χ4v) is 3.32. The minimum Gasteiger partial charge on any atom is -0.387 e. The van der Waals surface area contributed by atoms with Gasteiger partial charge in [0.1, 0.15) is 12.4 Å². The number of aliphatic hydroxyl groups is 1. The van der Waals surface area contributed by atoms with Crippen LogP contribution in [0.25, 0.3) is 0 Å². The number of aliphatic hydroxyl groups excluding tert-OH is 1. The van der Waals surface area contributed by atoms with Crippen molar-refractivity contribution >= 4 is 23.2 Å². The minimum absolute atomic E-state index is 0.0622. The van der Waals surface area contributed by atoms with Crippen LogP contribution in [0.3, 0.4) is 0 Å². The number of aromatic nitrogens is 1. The Bertz CT molecular complexity index is 789. The number of rotatable bonds is 8. The summed E-state index contributed by atoms with van der Waals surface area (Å²) in [5.74, 6) is 0.590. The number of amides is 1. The van der Waals surface area contributed by atoms with E-state index in [-0.39, 0.29) is 5.78 Å². The standard InChI is InChI=1S/C21H26N4O3/c26-16-21(28)23-18-6-3-5-17(15-18)19(27)7-4-10-24-11-13-25(14-12-24)20-8-1-2-9-22-20/h1-3,5-6,8-9,15,26H,4,7,10-14,16H2,(H,23,28). The topological polar surface area (TPSA) is 85.8 Å². The second-order valence-electron chi connectivity index (χ2n) is 6.83. The van der Waals surface area contributed by atoms with Crippen molar-refractivity contribution in [1.29, 1.82) is 0 Å². The van der Waals surface area contributed by atoms with Crippen molar-refractivity contribution < 1.29 is 14.7 Å². The summed E-state index contributed by atoms with van der Waals surface area (Å²) in [5, 5.41) is 11.4. The van der Waals surface area contributed by atoms with E-state index in [9.17, 15) is 9.59 Å². The fraction of sp³-hybridized carbons (Fsp3) is 0.381. The lowest BCUT2D eigenvalue weighted by Gasteiger charge is -2.35. The molecule has 0 aliphatic carbocycles. The zero-order valence-electron chi connectivity index (χ0n) is 15.9. The van der Waals surface area contributed by atoms with Gasteiger partial charge in [0, 0.05) is 50.0 Å². The van der Waals surface area contributed by atoms with E-state index in [0.29, 0.717) is 17.7 Å². The molecule has 2 N–H and O–H groups in total. The second kappa shape index (κ2) is 9.96. The van der Waals surface area contributed by atoms with Gasteiger partial charge in [0.2, 0.25) is 5.91 Å². The molecule has 1 fully saturated rings. The zero-order chi connectivity index (χ0) is 19.8. The Balaban J connectivity index is 1.41. The van der Waals surface area contributed by atoms with Gasteiger partial charge in [-0.15, -0.1) is 0 Å². The molecule has 1 aliphatic rings. The third-order valence-electron chi connectivity index (χ3n) is 4.84. The molecular weight excluding hydrogens is 356 g/mol. The number of anilines is 2. The van der Waals surface area contributed by atoms with E-state index in [1.54, 1.807) is 24.3 Å². The Labute approximate surface area is 165 Å². The van der Waals surface area contributed by atoms with E-state index < -0.39 is 12.5 Å². The third kappa shape index (κ3) is 5.61. The van der Waals surface area contributed by atoms with Crippen molar-refractivity contribution in [2.45, 2.75) is 12.8 Å². The van der Waals surface area contributed by atoms with Crippen molar-refractivity contribution in [3.05, 3.63) is 54.2 Å². The van der Waals surface area contributed by atoms with Gasteiger partial charge in [0.25, 0.3) is 0 Å². The Kier molecular flexibility index (Phi) is 7.11. The number of Topliss-reactive ketones (excluding diaryl/α,β-unsaturated/α-hetero) is 1. The molecule has 2 aromatic rings. The van der Waals surface area contributed by atoms with Crippen LogP contribution in [-0.2, 0) is 4.79 Å². The highest BCUT2D eigenvalue weighted by molar-refractivity contribution is 5.98. The molecule has 0 radical (unpaired) electrons. The predicted octanol–water partition coefficient (Wildman–Crippen LogP) is 1.80. The van der Waals surface area contributed by atoms with Crippen molar-refractivity contribution in [1.82, 2.24) is 9.88 Å². The Morgan fingerprint density at radius 2 is 1.89 bits per heavy atom. The summed E-state index contributed by atoms with van der Waals surface area (Å²) in [5.41, 5.74) is 1.10. The number of ketones is 1. The summed E-state index contributed by atoms with van der Waals surface area (Å²) < 4.78 is 0. The summed E-state index contributed by atoms with van der Waals surface area (Å²) in [6.45, 7) is 4.13. The number of carbonyl (C=O) groups is 2. The van der Waals surface area contributed by atoms with Crippen molar-refractivity contribution in [3.63, 3.8) is 0 Å². The van der Waals surface area contributed by atoms with Crippen LogP contribution in [-0.4, -0.2) is 66.0 Å². The fourth-order valence-electron chi connectivity index (χ4n) is 3.32. The summed E-state index contributed by atoms with van der Waals surface area (Å²) in [6, 6.07) is 12.8. The number of nitrogens with one attached hydrogen (secondary N) is 1. The van der Waals surface area contributed by atoms with Gasteiger partial charge < -0.3 is 15.3 Å². The highest BCUT2D eigenvalue weighted by atomic mass is 16.3. The first-order valence-electron chi connectivity index (χ1n) is 9.58. The quantitative estimate of drug-likeness (QED) is 0.677. The molecule has 7 heteroatoms. The van der Waals surface area contributed by atoms with Crippen LogP contribution in [0.2, 0.25) is 0 Å². The number of piperazine rings is 1. The van der Waals surface area contributed by atoms with E-state index in [1.807, 2.05) is 24.4 Å². The summed E-state index contributed by atoms with van der Waals surface area (Å²) in [7, 11) is 0. The van der Waals surface area contributed by atoms with Gasteiger partial charge in [-0.3, -0.25) is 14.5 Å². The van der Waals surface area contributed by atoms with Crippen LogP contribution < -0.4 is 10.2 Å². The van der Waals surface area contributed by atoms with Gasteiger partial charge in [-0.1, -0.05) is 18.2 Å². The number of hydrogen-bond acceptors (Lipinski definition) is 6. The molecule has 0 saturated carbocycles. The molecule has 3 rings (SSSR count). The third-order valence-corrected chi connectivity index (χ3v) is 4.84. The van der Waals surface area contributed by atoms with Gasteiger partial charge in [0.15, 0.2) is 5.78 Å². The lowest BCUT2D eigenvalue weighted by Crippen LogP contribution is -2.46. The minimum atomic E-state index is -0.578. The van der Waals surface area contributed by atoms with Gasteiger partial charge in [-0.2, -0.15) is 0 Å². The van der Waals surface area contributed by atoms with Gasteiger partial charge >= 0.3 is 0 Å². The molecule has 0 atom stereocenters. The molecule has 7 nitrogen and oxygen atoms in total. The largest absolute Gasteiger partial charge is 0.387 e. The number of hydrogen-bond donors (Lipinski definition) is 2.